The van der Waals surface area contributed by atoms with Crippen LogP contribution in [0.3, 0.4) is 0 Å². The van der Waals surface area contributed by atoms with Crippen LogP contribution in [0.2, 0.25) is 0 Å². The summed E-state index contributed by atoms with van der Waals surface area (Å²) >= 11 is 0. The number of nitrogens with one attached hydrogen (secondary N) is 3. The molecular formula is C15H19N5O. The van der Waals surface area contributed by atoms with Crippen LogP contribution in [0.4, 0.5) is 5.82 Å². The smallest absolute Gasteiger partial charge is 0.244 e. The second kappa shape index (κ2) is 5.67. The van der Waals surface area contributed by atoms with E-state index in [0.717, 1.165) is 5.69 Å². The van der Waals surface area contributed by atoms with E-state index in [-0.39, 0.29) is 18.0 Å². The van der Waals surface area contributed by atoms with Crippen molar-refractivity contribution in [1.82, 2.24) is 20.6 Å². The molecule has 3 rings (SSSR count). The zero-order chi connectivity index (χ0) is 14.8. The predicted molar refractivity (Wildman–Crippen MR) is 80.4 cm³/mol. The predicted octanol–water partition coefficient (Wildman–Crippen LogP) is 1.27. The molecule has 3 N–H and O–H groups in total. The van der Waals surface area contributed by atoms with E-state index in [4.69, 9.17) is 0 Å². The van der Waals surface area contributed by atoms with Gasteiger partial charge >= 0.3 is 0 Å². The Balaban J connectivity index is 1.63. The average Bonchev–Trinajstić information content (AvgIpc) is 3.07. The summed E-state index contributed by atoms with van der Waals surface area (Å²) in [4.78, 5) is 12.3. The van der Waals surface area contributed by atoms with Gasteiger partial charge in [-0.25, -0.2) is 10.9 Å². The summed E-state index contributed by atoms with van der Waals surface area (Å²) in [5.74, 6) is 0.659. The second-order valence-corrected chi connectivity index (χ2v) is 5.32. The van der Waals surface area contributed by atoms with Crippen molar-refractivity contribution in [3.8, 4) is 0 Å². The van der Waals surface area contributed by atoms with E-state index >= 15 is 0 Å². The Morgan fingerprint density at radius 3 is 2.76 bits per heavy atom. The summed E-state index contributed by atoms with van der Waals surface area (Å²) in [6.45, 7) is 1.90. The van der Waals surface area contributed by atoms with Crippen LogP contribution >= 0.6 is 0 Å². The van der Waals surface area contributed by atoms with Crippen molar-refractivity contribution in [1.29, 1.82) is 0 Å². The maximum atomic E-state index is 12.3. The van der Waals surface area contributed by atoms with E-state index in [1.807, 2.05) is 38.2 Å². The quantitative estimate of drug-likeness (QED) is 0.794. The van der Waals surface area contributed by atoms with E-state index < -0.39 is 0 Å². The molecule has 0 aliphatic carbocycles. The Hall–Kier alpha value is -2.18. The molecule has 2 heterocycles. The fourth-order valence-corrected chi connectivity index (χ4v) is 2.57. The average molecular weight is 285 g/mol. The minimum Gasteiger partial charge on any atom is -0.309 e. The molecule has 1 aliphatic rings. The lowest BCUT2D eigenvalue weighted by molar-refractivity contribution is -0.117. The number of aryl methyl sites for hydroxylation is 2. The summed E-state index contributed by atoms with van der Waals surface area (Å²) in [7, 11) is 1.82. The molecule has 0 saturated carbocycles. The van der Waals surface area contributed by atoms with Crippen LogP contribution in [0.5, 0.6) is 0 Å². The number of hydrazine groups is 1. The maximum absolute atomic E-state index is 12.3. The van der Waals surface area contributed by atoms with Gasteiger partial charge in [-0.15, -0.1) is 0 Å². The highest BCUT2D eigenvalue weighted by Gasteiger charge is 2.30. The molecule has 1 aromatic carbocycles. The molecule has 2 atom stereocenters. The van der Waals surface area contributed by atoms with Gasteiger partial charge < -0.3 is 5.32 Å². The van der Waals surface area contributed by atoms with Crippen LogP contribution in [0.1, 0.15) is 23.7 Å². The monoisotopic (exact) mass is 285 g/mol. The van der Waals surface area contributed by atoms with Crippen molar-refractivity contribution < 1.29 is 4.79 Å². The summed E-state index contributed by atoms with van der Waals surface area (Å²) in [5.41, 5.74) is 8.30. The Morgan fingerprint density at radius 2 is 2.10 bits per heavy atom. The molecule has 21 heavy (non-hydrogen) atoms. The van der Waals surface area contributed by atoms with E-state index in [1.165, 1.54) is 5.56 Å². The van der Waals surface area contributed by atoms with Crippen LogP contribution in [-0.4, -0.2) is 21.7 Å². The van der Waals surface area contributed by atoms with Gasteiger partial charge in [0.1, 0.15) is 11.9 Å². The third-order valence-electron chi connectivity index (χ3n) is 3.67. The summed E-state index contributed by atoms with van der Waals surface area (Å²) < 4.78 is 1.67. The number of carbonyl (C=O) groups is 1. The fraction of sp³-hybridized carbons (Fsp3) is 0.333. The SMILES string of the molecule is Cc1cc(NC(=O)C2CC(c3ccccc3)NN2)n(C)n1. The lowest BCUT2D eigenvalue weighted by atomic mass is 10.0. The lowest BCUT2D eigenvalue weighted by Gasteiger charge is -2.10. The number of amides is 1. The van der Waals surface area contributed by atoms with E-state index in [2.05, 4.69) is 33.4 Å². The third kappa shape index (κ3) is 2.96. The highest BCUT2D eigenvalue weighted by atomic mass is 16.2. The molecule has 1 aromatic heterocycles. The van der Waals surface area contributed by atoms with Crippen LogP contribution in [-0.2, 0) is 11.8 Å². The van der Waals surface area contributed by atoms with Crippen molar-refractivity contribution in [3.63, 3.8) is 0 Å². The summed E-state index contributed by atoms with van der Waals surface area (Å²) in [6.07, 6.45) is 0.715. The molecule has 0 radical (unpaired) electrons. The number of hydrogen-bond donors (Lipinski definition) is 3. The molecule has 110 valence electrons. The molecule has 1 amide bonds. The number of hydrogen-bond acceptors (Lipinski definition) is 4. The van der Waals surface area contributed by atoms with Crippen molar-refractivity contribution in [2.24, 2.45) is 7.05 Å². The molecule has 1 fully saturated rings. The molecule has 0 bridgehead atoms. The van der Waals surface area contributed by atoms with Gasteiger partial charge in [-0.1, -0.05) is 30.3 Å². The normalized spacial score (nSPS) is 21.4. The molecule has 1 saturated heterocycles. The third-order valence-corrected chi connectivity index (χ3v) is 3.67. The molecule has 6 heteroatoms. The Morgan fingerprint density at radius 1 is 1.33 bits per heavy atom. The first-order valence-electron chi connectivity index (χ1n) is 7.01. The van der Waals surface area contributed by atoms with Gasteiger partial charge in [0.2, 0.25) is 5.91 Å². The lowest BCUT2D eigenvalue weighted by Crippen LogP contribution is -2.39. The molecule has 6 nitrogen and oxygen atoms in total. The van der Waals surface area contributed by atoms with Crippen molar-refractivity contribution in [3.05, 3.63) is 47.7 Å². The van der Waals surface area contributed by atoms with E-state index in [0.29, 0.717) is 12.2 Å². The van der Waals surface area contributed by atoms with Gasteiger partial charge in [0, 0.05) is 19.2 Å². The van der Waals surface area contributed by atoms with Gasteiger partial charge in [-0.2, -0.15) is 5.10 Å². The van der Waals surface area contributed by atoms with Gasteiger partial charge in [0.15, 0.2) is 0 Å². The van der Waals surface area contributed by atoms with Gasteiger partial charge in [-0.3, -0.25) is 9.48 Å². The van der Waals surface area contributed by atoms with Gasteiger partial charge in [0.25, 0.3) is 0 Å². The minimum atomic E-state index is -0.259. The molecule has 0 spiro atoms. The maximum Gasteiger partial charge on any atom is 0.244 e. The zero-order valence-electron chi connectivity index (χ0n) is 12.1. The van der Waals surface area contributed by atoms with Gasteiger partial charge in [-0.05, 0) is 18.9 Å². The number of anilines is 1. The Kier molecular flexibility index (Phi) is 3.72. The highest BCUT2D eigenvalue weighted by molar-refractivity contribution is 5.94. The molecule has 1 aliphatic heterocycles. The topological polar surface area (TPSA) is 71.0 Å². The minimum absolute atomic E-state index is 0.0519. The first kappa shape index (κ1) is 13.8. The first-order chi connectivity index (χ1) is 10.1. The van der Waals surface area contributed by atoms with Crippen molar-refractivity contribution >= 4 is 11.7 Å². The fourth-order valence-electron chi connectivity index (χ4n) is 2.57. The highest BCUT2D eigenvalue weighted by Crippen LogP contribution is 2.22. The van der Waals surface area contributed by atoms with E-state index in [1.54, 1.807) is 4.68 Å². The zero-order valence-corrected chi connectivity index (χ0v) is 12.1. The van der Waals surface area contributed by atoms with E-state index in [9.17, 15) is 4.79 Å². The number of carbonyl (C=O) groups excluding carboxylic acids is 1. The Bertz CT molecular complexity index is 637. The second-order valence-electron chi connectivity index (χ2n) is 5.32. The van der Waals surface area contributed by atoms with Crippen molar-refractivity contribution in [2.45, 2.75) is 25.4 Å². The van der Waals surface area contributed by atoms with Crippen LogP contribution < -0.4 is 16.2 Å². The summed E-state index contributed by atoms with van der Waals surface area (Å²) in [5, 5.41) is 7.12. The standard InChI is InChI=1S/C15H19N5O/c1-10-8-14(20(2)19-10)16-15(21)13-9-12(17-18-13)11-6-4-3-5-7-11/h3-8,12-13,17-18H,9H2,1-2H3,(H,16,21). The molecule has 2 unspecified atom stereocenters. The Labute approximate surface area is 123 Å². The summed E-state index contributed by atoms with van der Waals surface area (Å²) in [6, 6.07) is 11.9. The number of nitrogens with zero attached hydrogens (tertiary/aromatic N) is 2. The molecular weight excluding hydrogens is 266 g/mol. The molecule has 2 aromatic rings. The van der Waals surface area contributed by atoms with Gasteiger partial charge in [0.05, 0.1) is 5.69 Å². The largest absolute Gasteiger partial charge is 0.309 e. The number of rotatable bonds is 3. The van der Waals surface area contributed by atoms with Crippen LogP contribution in [0.15, 0.2) is 36.4 Å². The number of benzene rings is 1. The first-order valence-corrected chi connectivity index (χ1v) is 7.01. The number of aromatic nitrogens is 2. The van der Waals surface area contributed by atoms with Crippen LogP contribution in [0, 0.1) is 6.92 Å². The van der Waals surface area contributed by atoms with Crippen LogP contribution in [0.25, 0.3) is 0 Å². The van der Waals surface area contributed by atoms with Crippen molar-refractivity contribution in [2.75, 3.05) is 5.32 Å².